The van der Waals surface area contributed by atoms with E-state index in [1.165, 1.54) is 11.3 Å². The molecule has 0 aliphatic heterocycles. The van der Waals surface area contributed by atoms with Gasteiger partial charge in [0.1, 0.15) is 0 Å². The van der Waals surface area contributed by atoms with Crippen LogP contribution in [0.2, 0.25) is 0 Å². The maximum atomic E-state index is 11.8. The quantitative estimate of drug-likeness (QED) is 0.848. The fraction of sp³-hybridized carbons (Fsp3) is 0.188. The van der Waals surface area contributed by atoms with Crippen LogP contribution in [0.25, 0.3) is 0 Å². The van der Waals surface area contributed by atoms with E-state index in [0.717, 1.165) is 11.1 Å². The molecule has 0 saturated carbocycles. The molecule has 1 heterocycles. The molecular formula is C16H15NO2S. The monoisotopic (exact) mass is 285 g/mol. The molecule has 0 fully saturated rings. The first-order valence-corrected chi connectivity index (χ1v) is 7.18. The molecule has 0 radical (unpaired) electrons. The summed E-state index contributed by atoms with van der Waals surface area (Å²) in [6.45, 7) is 0.551. The van der Waals surface area contributed by atoms with Gasteiger partial charge in [-0.2, -0.15) is 0 Å². The molecule has 0 unspecified atom stereocenters. The van der Waals surface area contributed by atoms with Crippen LogP contribution in [0.5, 0.6) is 0 Å². The van der Waals surface area contributed by atoms with Crippen molar-refractivity contribution in [2.75, 3.05) is 6.61 Å². The number of benzene rings is 1. The lowest BCUT2D eigenvalue weighted by Crippen LogP contribution is -2.21. The number of carbonyl (C=O) groups excluding carboxylic acids is 1. The van der Waals surface area contributed by atoms with Crippen LogP contribution in [0, 0.1) is 11.8 Å². The number of hydrogen-bond acceptors (Lipinski definition) is 3. The molecule has 0 saturated heterocycles. The Bertz CT molecular complexity index is 623. The molecule has 4 heteroatoms. The van der Waals surface area contributed by atoms with Crippen LogP contribution in [0.1, 0.15) is 27.2 Å². The summed E-state index contributed by atoms with van der Waals surface area (Å²) in [5.41, 5.74) is 1.90. The molecule has 0 bridgehead atoms. The van der Waals surface area contributed by atoms with Gasteiger partial charge in [-0.1, -0.05) is 30.0 Å². The standard InChI is InChI=1S/C16H15NO2S/c18-9-2-1-5-13-6-3-7-14(11-13)12-17-16(19)15-8-4-10-20-15/h3-4,6-8,10-11,18H,2,9,12H2,(H,17,19). The molecule has 0 spiro atoms. The molecule has 1 aromatic heterocycles. The van der Waals surface area contributed by atoms with Crippen molar-refractivity contribution in [2.24, 2.45) is 0 Å². The first-order chi connectivity index (χ1) is 9.79. The van der Waals surface area contributed by atoms with E-state index < -0.39 is 0 Å². The van der Waals surface area contributed by atoms with Crippen LogP contribution in [0.3, 0.4) is 0 Å². The Morgan fingerprint density at radius 3 is 2.95 bits per heavy atom. The van der Waals surface area contributed by atoms with Gasteiger partial charge in [-0.05, 0) is 29.1 Å². The van der Waals surface area contributed by atoms with Crippen molar-refractivity contribution in [2.45, 2.75) is 13.0 Å². The molecule has 0 aliphatic rings. The summed E-state index contributed by atoms with van der Waals surface area (Å²) in [7, 11) is 0. The molecular weight excluding hydrogens is 270 g/mol. The Balaban J connectivity index is 1.95. The van der Waals surface area contributed by atoms with Gasteiger partial charge < -0.3 is 10.4 Å². The number of thiophene rings is 1. The van der Waals surface area contributed by atoms with Crippen LogP contribution in [0.4, 0.5) is 0 Å². The van der Waals surface area contributed by atoms with E-state index in [-0.39, 0.29) is 12.5 Å². The average Bonchev–Trinajstić information content (AvgIpc) is 3.00. The van der Waals surface area contributed by atoms with Crippen LogP contribution in [0.15, 0.2) is 41.8 Å². The maximum absolute atomic E-state index is 11.8. The zero-order chi connectivity index (χ0) is 14.2. The number of aliphatic hydroxyl groups excluding tert-OH is 1. The highest BCUT2D eigenvalue weighted by Crippen LogP contribution is 2.09. The first kappa shape index (κ1) is 14.3. The van der Waals surface area contributed by atoms with Crippen molar-refractivity contribution in [3.8, 4) is 11.8 Å². The highest BCUT2D eigenvalue weighted by atomic mass is 32.1. The van der Waals surface area contributed by atoms with Gasteiger partial charge in [-0.15, -0.1) is 11.3 Å². The Labute approximate surface area is 122 Å². The highest BCUT2D eigenvalue weighted by molar-refractivity contribution is 7.12. The van der Waals surface area contributed by atoms with Gasteiger partial charge in [0.05, 0.1) is 11.5 Å². The lowest BCUT2D eigenvalue weighted by molar-refractivity contribution is 0.0955. The molecule has 1 aromatic carbocycles. The molecule has 1 amide bonds. The molecule has 2 N–H and O–H groups in total. The zero-order valence-corrected chi connectivity index (χ0v) is 11.7. The third-order valence-corrected chi connectivity index (χ3v) is 3.46. The zero-order valence-electron chi connectivity index (χ0n) is 10.9. The van der Waals surface area contributed by atoms with E-state index in [9.17, 15) is 4.79 Å². The molecule has 2 rings (SSSR count). The summed E-state index contributed by atoms with van der Waals surface area (Å²) in [5.74, 6) is 5.80. The van der Waals surface area contributed by atoms with Crippen molar-refractivity contribution in [3.63, 3.8) is 0 Å². The van der Waals surface area contributed by atoms with E-state index in [1.807, 2.05) is 35.7 Å². The normalized spacial score (nSPS) is 9.65. The molecule has 20 heavy (non-hydrogen) atoms. The molecule has 3 nitrogen and oxygen atoms in total. The second-order valence-electron chi connectivity index (χ2n) is 4.14. The van der Waals surface area contributed by atoms with E-state index >= 15 is 0 Å². The third-order valence-electron chi connectivity index (χ3n) is 2.59. The molecule has 2 aromatic rings. The lowest BCUT2D eigenvalue weighted by atomic mass is 10.1. The predicted octanol–water partition coefficient (Wildman–Crippen LogP) is 2.41. The number of hydrogen-bond donors (Lipinski definition) is 2. The summed E-state index contributed by atoms with van der Waals surface area (Å²) in [6, 6.07) is 11.4. The van der Waals surface area contributed by atoms with Gasteiger partial charge in [0.25, 0.3) is 5.91 Å². The van der Waals surface area contributed by atoms with Crippen LogP contribution in [-0.2, 0) is 6.54 Å². The smallest absolute Gasteiger partial charge is 0.261 e. The largest absolute Gasteiger partial charge is 0.395 e. The van der Waals surface area contributed by atoms with E-state index in [2.05, 4.69) is 17.2 Å². The fourth-order valence-corrected chi connectivity index (χ4v) is 2.30. The van der Waals surface area contributed by atoms with Crippen molar-refractivity contribution in [3.05, 3.63) is 57.8 Å². The first-order valence-electron chi connectivity index (χ1n) is 6.30. The topological polar surface area (TPSA) is 49.3 Å². The molecule has 102 valence electrons. The average molecular weight is 285 g/mol. The molecule has 0 aliphatic carbocycles. The van der Waals surface area contributed by atoms with Crippen molar-refractivity contribution >= 4 is 17.2 Å². The summed E-state index contributed by atoms with van der Waals surface area (Å²) in [4.78, 5) is 12.5. The number of aliphatic hydroxyl groups is 1. The summed E-state index contributed by atoms with van der Waals surface area (Å²) in [5, 5.41) is 13.4. The van der Waals surface area contributed by atoms with Gasteiger partial charge >= 0.3 is 0 Å². The van der Waals surface area contributed by atoms with Crippen molar-refractivity contribution in [1.29, 1.82) is 0 Å². The van der Waals surface area contributed by atoms with E-state index in [0.29, 0.717) is 17.8 Å². The Kier molecular flexibility index (Phi) is 5.36. The van der Waals surface area contributed by atoms with Gasteiger partial charge in [0.2, 0.25) is 0 Å². The van der Waals surface area contributed by atoms with Gasteiger partial charge in [-0.3, -0.25) is 4.79 Å². The second kappa shape index (κ2) is 7.49. The van der Waals surface area contributed by atoms with Crippen molar-refractivity contribution in [1.82, 2.24) is 5.32 Å². The predicted molar refractivity (Wildman–Crippen MR) is 80.5 cm³/mol. The lowest BCUT2D eigenvalue weighted by Gasteiger charge is -2.04. The highest BCUT2D eigenvalue weighted by Gasteiger charge is 2.05. The maximum Gasteiger partial charge on any atom is 0.261 e. The number of rotatable bonds is 4. The van der Waals surface area contributed by atoms with Crippen LogP contribution >= 0.6 is 11.3 Å². The van der Waals surface area contributed by atoms with Gasteiger partial charge in [-0.25, -0.2) is 0 Å². The number of amides is 1. The fourth-order valence-electron chi connectivity index (χ4n) is 1.66. The number of carbonyl (C=O) groups is 1. The van der Waals surface area contributed by atoms with E-state index in [1.54, 1.807) is 6.07 Å². The van der Waals surface area contributed by atoms with Gasteiger partial charge in [0, 0.05) is 18.5 Å². The van der Waals surface area contributed by atoms with Crippen molar-refractivity contribution < 1.29 is 9.90 Å². The Hall–Kier alpha value is -2.09. The minimum atomic E-state index is -0.0585. The van der Waals surface area contributed by atoms with Crippen LogP contribution < -0.4 is 5.32 Å². The minimum Gasteiger partial charge on any atom is -0.395 e. The van der Waals surface area contributed by atoms with E-state index in [4.69, 9.17) is 5.11 Å². The Morgan fingerprint density at radius 2 is 2.20 bits per heavy atom. The minimum absolute atomic E-state index is 0.0585. The van der Waals surface area contributed by atoms with Crippen LogP contribution in [-0.4, -0.2) is 17.6 Å². The number of nitrogens with one attached hydrogen (secondary N) is 1. The summed E-state index contributed by atoms with van der Waals surface area (Å²) >= 11 is 1.42. The van der Waals surface area contributed by atoms with Gasteiger partial charge in [0.15, 0.2) is 0 Å². The third kappa shape index (κ3) is 4.23. The summed E-state index contributed by atoms with van der Waals surface area (Å²) < 4.78 is 0. The Morgan fingerprint density at radius 1 is 1.30 bits per heavy atom. The summed E-state index contributed by atoms with van der Waals surface area (Å²) in [6.07, 6.45) is 0.472. The SMILES string of the molecule is O=C(NCc1cccc(C#CCCO)c1)c1cccs1. The molecule has 0 atom stereocenters. The second-order valence-corrected chi connectivity index (χ2v) is 5.08.